The molecule has 0 atom stereocenters. The van der Waals surface area contributed by atoms with Crippen molar-refractivity contribution < 1.29 is 9.32 Å². The highest BCUT2D eigenvalue weighted by Crippen LogP contribution is 2.17. The Labute approximate surface area is 154 Å². The van der Waals surface area contributed by atoms with Crippen LogP contribution in [0.2, 0.25) is 0 Å². The fraction of sp³-hybridized carbons (Fsp3) is 0.227. The molecular formula is C22H24N3O+. The number of hydrogen-bond acceptors (Lipinski definition) is 3. The summed E-state index contributed by atoms with van der Waals surface area (Å²) < 4.78 is 5.26. The van der Waals surface area contributed by atoms with Gasteiger partial charge >= 0.3 is 0 Å². The lowest BCUT2D eigenvalue weighted by Crippen LogP contribution is -3.13. The summed E-state index contributed by atoms with van der Waals surface area (Å²) in [6.45, 7) is 5.29. The predicted molar refractivity (Wildman–Crippen MR) is 106 cm³/mol. The summed E-state index contributed by atoms with van der Waals surface area (Å²) in [6.07, 6.45) is 7.37. The fourth-order valence-electron chi connectivity index (χ4n) is 3.48. The Hall–Kier alpha value is -2.85. The zero-order chi connectivity index (χ0) is 17.6. The van der Waals surface area contributed by atoms with Gasteiger partial charge in [-0.15, -0.1) is 0 Å². The van der Waals surface area contributed by atoms with E-state index in [1.807, 2.05) is 30.5 Å². The molecule has 0 amide bonds. The molecule has 0 unspecified atom stereocenters. The monoisotopic (exact) mass is 346 g/mol. The molecule has 1 aromatic heterocycles. The molecule has 132 valence electrons. The van der Waals surface area contributed by atoms with Crippen molar-refractivity contribution in [2.24, 2.45) is 5.10 Å². The number of hydrogen-bond donors (Lipinski definition) is 1. The molecule has 4 rings (SSSR count). The van der Waals surface area contributed by atoms with Crippen molar-refractivity contribution in [2.45, 2.75) is 6.54 Å². The van der Waals surface area contributed by atoms with E-state index in [1.165, 1.54) is 16.3 Å². The van der Waals surface area contributed by atoms with Crippen molar-refractivity contribution in [1.29, 1.82) is 0 Å². The molecule has 0 spiro atoms. The molecule has 1 saturated heterocycles. The maximum atomic E-state index is 5.26. The maximum Gasteiger partial charge on any atom is 0.126 e. The van der Waals surface area contributed by atoms with Crippen LogP contribution in [0.15, 0.2) is 76.5 Å². The molecule has 1 aliphatic rings. The van der Waals surface area contributed by atoms with E-state index >= 15 is 0 Å². The van der Waals surface area contributed by atoms with Gasteiger partial charge in [-0.25, -0.2) is 0 Å². The van der Waals surface area contributed by atoms with Crippen LogP contribution in [0.5, 0.6) is 0 Å². The first-order valence-corrected chi connectivity index (χ1v) is 9.18. The quantitative estimate of drug-likeness (QED) is 0.721. The first-order valence-electron chi connectivity index (χ1n) is 9.18. The Morgan fingerprint density at radius 2 is 1.85 bits per heavy atom. The number of hydrazone groups is 1. The summed E-state index contributed by atoms with van der Waals surface area (Å²) in [6, 6.07) is 19.1. The van der Waals surface area contributed by atoms with Crippen molar-refractivity contribution in [2.75, 3.05) is 26.2 Å². The molecule has 1 N–H and O–H groups in total. The SMILES string of the molecule is C(/C=C/c1ccco1)=N/N1CC[NH+](Cc2cccc3ccccc23)CC1. The summed E-state index contributed by atoms with van der Waals surface area (Å²) in [5.74, 6) is 0.848. The van der Waals surface area contributed by atoms with Gasteiger partial charge in [0.15, 0.2) is 0 Å². The third-order valence-electron chi connectivity index (χ3n) is 4.89. The highest BCUT2D eigenvalue weighted by Gasteiger charge is 2.19. The van der Waals surface area contributed by atoms with Crippen LogP contribution in [0.4, 0.5) is 0 Å². The Balaban J connectivity index is 1.31. The second-order valence-corrected chi connectivity index (χ2v) is 6.66. The second-order valence-electron chi connectivity index (χ2n) is 6.66. The highest BCUT2D eigenvalue weighted by atomic mass is 16.3. The third kappa shape index (κ3) is 4.03. The minimum atomic E-state index is 0.848. The molecule has 1 aliphatic heterocycles. The lowest BCUT2D eigenvalue weighted by molar-refractivity contribution is -0.918. The van der Waals surface area contributed by atoms with E-state index in [-0.39, 0.29) is 0 Å². The Morgan fingerprint density at radius 3 is 2.69 bits per heavy atom. The van der Waals surface area contributed by atoms with Gasteiger partial charge in [0.05, 0.1) is 32.4 Å². The third-order valence-corrected chi connectivity index (χ3v) is 4.89. The molecule has 2 heterocycles. The summed E-state index contributed by atoms with van der Waals surface area (Å²) in [5.41, 5.74) is 1.44. The van der Waals surface area contributed by atoms with E-state index < -0.39 is 0 Å². The maximum absolute atomic E-state index is 5.26. The number of allylic oxidation sites excluding steroid dienone is 1. The van der Waals surface area contributed by atoms with Crippen molar-refractivity contribution in [3.8, 4) is 0 Å². The minimum Gasteiger partial charge on any atom is -0.465 e. The van der Waals surface area contributed by atoms with Gasteiger partial charge < -0.3 is 9.32 Å². The zero-order valence-electron chi connectivity index (χ0n) is 14.8. The normalized spacial score (nSPS) is 16.2. The second kappa shape index (κ2) is 8.02. The van der Waals surface area contributed by atoms with E-state index in [9.17, 15) is 0 Å². The number of rotatable bonds is 5. The molecule has 2 aromatic carbocycles. The van der Waals surface area contributed by atoms with Gasteiger partial charge in [-0.05, 0) is 35.1 Å². The first kappa shape index (κ1) is 16.6. The van der Waals surface area contributed by atoms with E-state index in [1.54, 1.807) is 11.2 Å². The van der Waals surface area contributed by atoms with Gasteiger partial charge in [0, 0.05) is 11.8 Å². The number of piperazine rings is 1. The largest absolute Gasteiger partial charge is 0.465 e. The van der Waals surface area contributed by atoms with Crippen LogP contribution < -0.4 is 4.90 Å². The van der Waals surface area contributed by atoms with Crippen LogP contribution in [0.1, 0.15) is 11.3 Å². The van der Waals surface area contributed by atoms with Crippen LogP contribution in [-0.4, -0.2) is 37.4 Å². The summed E-state index contributed by atoms with van der Waals surface area (Å²) in [7, 11) is 0. The van der Waals surface area contributed by atoms with Crippen LogP contribution in [0.25, 0.3) is 16.8 Å². The lowest BCUT2D eigenvalue weighted by Gasteiger charge is -2.30. The number of nitrogens with zero attached hydrogens (tertiary/aromatic N) is 2. The molecule has 0 bridgehead atoms. The fourth-order valence-corrected chi connectivity index (χ4v) is 3.48. The van der Waals surface area contributed by atoms with E-state index in [0.29, 0.717) is 0 Å². The highest BCUT2D eigenvalue weighted by molar-refractivity contribution is 5.85. The molecule has 3 aromatic rings. The number of quaternary nitrogens is 1. The number of nitrogens with one attached hydrogen (secondary N) is 1. The lowest BCUT2D eigenvalue weighted by atomic mass is 10.0. The van der Waals surface area contributed by atoms with Crippen LogP contribution in [0, 0.1) is 0 Å². The summed E-state index contributed by atoms with van der Waals surface area (Å²) in [4.78, 5) is 1.62. The number of furan rings is 1. The van der Waals surface area contributed by atoms with E-state index in [4.69, 9.17) is 4.42 Å². The van der Waals surface area contributed by atoms with Gasteiger partial charge in [-0.1, -0.05) is 42.5 Å². The molecule has 0 radical (unpaired) electrons. The van der Waals surface area contributed by atoms with Crippen LogP contribution in [-0.2, 0) is 6.54 Å². The van der Waals surface area contributed by atoms with Gasteiger partial charge in [0.1, 0.15) is 12.3 Å². The Bertz CT molecular complexity index is 885. The summed E-state index contributed by atoms with van der Waals surface area (Å²) >= 11 is 0. The van der Waals surface area contributed by atoms with Crippen LogP contribution in [0.3, 0.4) is 0 Å². The van der Waals surface area contributed by atoms with Gasteiger partial charge in [0.2, 0.25) is 0 Å². The van der Waals surface area contributed by atoms with Crippen molar-refractivity contribution in [3.63, 3.8) is 0 Å². The average molecular weight is 346 g/mol. The van der Waals surface area contributed by atoms with Gasteiger partial charge in [-0.3, -0.25) is 5.01 Å². The molecule has 1 fully saturated rings. The number of fused-ring (bicyclic) bond motifs is 1. The topological polar surface area (TPSA) is 33.2 Å². The zero-order valence-corrected chi connectivity index (χ0v) is 14.8. The molecular weight excluding hydrogens is 322 g/mol. The van der Waals surface area contributed by atoms with E-state index in [0.717, 1.165) is 38.5 Å². The van der Waals surface area contributed by atoms with Crippen molar-refractivity contribution in [3.05, 3.63) is 78.3 Å². The molecule has 26 heavy (non-hydrogen) atoms. The molecule has 0 saturated carbocycles. The average Bonchev–Trinajstić information content (AvgIpc) is 3.20. The minimum absolute atomic E-state index is 0.848. The summed E-state index contributed by atoms with van der Waals surface area (Å²) in [5, 5.41) is 9.40. The van der Waals surface area contributed by atoms with Gasteiger partial charge in [-0.2, -0.15) is 5.10 Å². The Morgan fingerprint density at radius 1 is 1.00 bits per heavy atom. The Kier molecular flexibility index (Phi) is 5.12. The van der Waals surface area contributed by atoms with Crippen LogP contribution >= 0.6 is 0 Å². The smallest absolute Gasteiger partial charge is 0.126 e. The predicted octanol–water partition coefficient (Wildman–Crippen LogP) is 2.83. The molecule has 4 nitrogen and oxygen atoms in total. The number of benzene rings is 2. The van der Waals surface area contributed by atoms with Crippen molar-refractivity contribution >= 4 is 23.1 Å². The van der Waals surface area contributed by atoms with Crippen molar-refractivity contribution in [1.82, 2.24) is 5.01 Å². The molecule has 0 aliphatic carbocycles. The standard InChI is InChI=1S/C22H23N3O/c1-2-11-22-19(6-1)7-3-8-20(22)18-24-13-15-25(16-14-24)23-12-4-9-21-10-5-17-26-21/h1-12,17H,13-16,18H2/p+1/b9-4+,23-12-. The van der Waals surface area contributed by atoms with E-state index in [2.05, 4.69) is 52.6 Å². The molecule has 4 heteroatoms. The first-order chi connectivity index (χ1) is 12.9. The van der Waals surface area contributed by atoms with Gasteiger partial charge in [0.25, 0.3) is 0 Å².